The summed E-state index contributed by atoms with van der Waals surface area (Å²) in [5.74, 6) is -2.69. The Morgan fingerprint density at radius 1 is 1.08 bits per heavy atom. The molecule has 1 N–H and O–H groups in total. The lowest BCUT2D eigenvalue weighted by atomic mass is 10.2. The number of benzene rings is 2. The smallest absolute Gasteiger partial charge is 0.226 e. The molecule has 0 saturated carbocycles. The minimum atomic E-state index is -0.874. The standard InChI is InChI=1S/C17H14Cl2F2N2O2/c1-10(24)23(11-5-6-12(18)13(19)9-11)8-7-16(25)22-17-14(20)3-2-4-15(17)21/h2-6,9H,7-8H2,1H3,(H,22,25). The van der Waals surface area contributed by atoms with Gasteiger partial charge in [-0.15, -0.1) is 0 Å². The molecule has 2 aromatic rings. The fourth-order valence-electron chi connectivity index (χ4n) is 2.15. The summed E-state index contributed by atoms with van der Waals surface area (Å²) in [6.07, 6.45) is -0.159. The minimum absolute atomic E-state index is 0.00913. The zero-order chi connectivity index (χ0) is 18.6. The van der Waals surface area contributed by atoms with Crippen molar-refractivity contribution in [3.63, 3.8) is 0 Å². The van der Waals surface area contributed by atoms with E-state index < -0.39 is 23.2 Å². The van der Waals surface area contributed by atoms with Crippen molar-refractivity contribution in [2.24, 2.45) is 0 Å². The van der Waals surface area contributed by atoms with E-state index in [1.807, 2.05) is 0 Å². The third-order valence-electron chi connectivity index (χ3n) is 3.38. The number of para-hydroxylation sites is 1. The van der Waals surface area contributed by atoms with Crippen LogP contribution in [0.5, 0.6) is 0 Å². The lowest BCUT2D eigenvalue weighted by molar-refractivity contribution is -0.117. The molecule has 0 aliphatic heterocycles. The van der Waals surface area contributed by atoms with E-state index in [4.69, 9.17) is 23.2 Å². The van der Waals surface area contributed by atoms with Gasteiger partial charge in [0, 0.05) is 25.6 Å². The fraction of sp³-hybridized carbons (Fsp3) is 0.176. The highest BCUT2D eigenvalue weighted by Crippen LogP contribution is 2.27. The maximum absolute atomic E-state index is 13.5. The van der Waals surface area contributed by atoms with Crippen LogP contribution in [-0.4, -0.2) is 18.4 Å². The molecule has 2 rings (SSSR count). The molecule has 0 spiro atoms. The molecule has 0 unspecified atom stereocenters. The Bertz CT molecular complexity index is 795. The highest BCUT2D eigenvalue weighted by Gasteiger charge is 2.16. The van der Waals surface area contributed by atoms with Crippen molar-refractivity contribution in [2.75, 3.05) is 16.8 Å². The molecule has 0 fully saturated rings. The van der Waals surface area contributed by atoms with Crippen LogP contribution < -0.4 is 10.2 Å². The van der Waals surface area contributed by atoms with Gasteiger partial charge in [0.15, 0.2) is 0 Å². The van der Waals surface area contributed by atoms with Crippen molar-refractivity contribution >= 4 is 46.4 Å². The zero-order valence-corrected chi connectivity index (χ0v) is 14.7. The highest BCUT2D eigenvalue weighted by molar-refractivity contribution is 6.42. The van der Waals surface area contributed by atoms with E-state index in [0.29, 0.717) is 10.7 Å². The average molecular weight is 387 g/mol. The first kappa shape index (κ1) is 19.1. The molecule has 4 nitrogen and oxygen atoms in total. The van der Waals surface area contributed by atoms with E-state index in [1.165, 1.54) is 30.0 Å². The van der Waals surface area contributed by atoms with Gasteiger partial charge in [-0.3, -0.25) is 9.59 Å². The number of hydrogen-bond donors (Lipinski definition) is 1. The summed E-state index contributed by atoms with van der Waals surface area (Å²) in [4.78, 5) is 25.1. The largest absolute Gasteiger partial charge is 0.321 e. The fourth-order valence-corrected chi connectivity index (χ4v) is 2.45. The van der Waals surface area contributed by atoms with Crippen LogP contribution in [0.15, 0.2) is 36.4 Å². The Kier molecular flexibility index (Phi) is 6.33. The van der Waals surface area contributed by atoms with Gasteiger partial charge in [-0.25, -0.2) is 8.78 Å². The Balaban J connectivity index is 2.07. The van der Waals surface area contributed by atoms with Crippen molar-refractivity contribution in [3.8, 4) is 0 Å². The lowest BCUT2D eigenvalue weighted by Crippen LogP contribution is -2.32. The molecule has 0 heterocycles. The maximum atomic E-state index is 13.5. The topological polar surface area (TPSA) is 49.4 Å². The number of nitrogens with one attached hydrogen (secondary N) is 1. The molecule has 2 aromatic carbocycles. The molecule has 132 valence electrons. The molecule has 0 bridgehead atoms. The van der Waals surface area contributed by atoms with Gasteiger partial charge in [0.25, 0.3) is 0 Å². The number of anilines is 2. The number of halogens is 4. The Hall–Kier alpha value is -2.18. The third-order valence-corrected chi connectivity index (χ3v) is 4.12. The van der Waals surface area contributed by atoms with E-state index in [1.54, 1.807) is 6.07 Å². The zero-order valence-electron chi connectivity index (χ0n) is 13.2. The van der Waals surface area contributed by atoms with E-state index >= 15 is 0 Å². The second-order valence-corrected chi connectivity index (χ2v) is 5.98. The van der Waals surface area contributed by atoms with Gasteiger partial charge in [0.2, 0.25) is 11.8 Å². The van der Waals surface area contributed by atoms with Crippen LogP contribution in [0.1, 0.15) is 13.3 Å². The van der Waals surface area contributed by atoms with E-state index in [2.05, 4.69) is 5.32 Å². The van der Waals surface area contributed by atoms with Gasteiger partial charge in [-0.1, -0.05) is 29.3 Å². The van der Waals surface area contributed by atoms with Crippen molar-refractivity contribution < 1.29 is 18.4 Å². The highest BCUT2D eigenvalue weighted by atomic mass is 35.5. The van der Waals surface area contributed by atoms with Gasteiger partial charge in [0.1, 0.15) is 17.3 Å². The number of hydrogen-bond acceptors (Lipinski definition) is 2. The number of carbonyl (C=O) groups is 2. The van der Waals surface area contributed by atoms with Crippen molar-refractivity contribution in [1.29, 1.82) is 0 Å². The summed E-state index contributed by atoms with van der Waals surface area (Å²) in [6, 6.07) is 7.89. The number of nitrogens with zero attached hydrogens (tertiary/aromatic N) is 1. The molecular formula is C17H14Cl2F2N2O2. The molecule has 8 heteroatoms. The monoisotopic (exact) mass is 386 g/mol. The normalized spacial score (nSPS) is 10.4. The SMILES string of the molecule is CC(=O)N(CCC(=O)Nc1c(F)cccc1F)c1ccc(Cl)c(Cl)c1. The molecule has 0 aliphatic rings. The van der Waals surface area contributed by atoms with Crippen molar-refractivity contribution in [3.05, 3.63) is 58.1 Å². The van der Waals surface area contributed by atoms with E-state index in [9.17, 15) is 18.4 Å². The van der Waals surface area contributed by atoms with Crippen molar-refractivity contribution in [2.45, 2.75) is 13.3 Å². The summed E-state index contributed by atoms with van der Waals surface area (Å²) >= 11 is 11.8. The molecule has 0 radical (unpaired) electrons. The van der Waals surface area contributed by atoms with Crippen LogP contribution in [0.4, 0.5) is 20.2 Å². The predicted molar refractivity (Wildman–Crippen MR) is 94.1 cm³/mol. The molecular weight excluding hydrogens is 373 g/mol. The van der Waals surface area contributed by atoms with Crippen molar-refractivity contribution in [1.82, 2.24) is 0 Å². The molecule has 0 saturated heterocycles. The lowest BCUT2D eigenvalue weighted by Gasteiger charge is -2.21. The van der Waals surface area contributed by atoms with Gasteiger partial charge in [-0.05, 0) is 30.3 Å². The van der Waals surface area contributed by atoms with Gasteiger partial charge < -0.3 is 10.2 Å². The van der Waals surface area contributed by atoms with Gasteiger partial charge in [-0.2, -0.15) is 0 Å². The number of amides is 2. The number of carbonyl (C=O) groups excluding carboxylic acids is 2. The second kappa shape index (κ2) is 8.27. The van der Waals surface area contributed by atoms with Crippen LogP contribution in [0.3, 0.4) is 0 Å². The summed E-state index contributed by atoms with van der Waals surface area (Å²) < 4.78 is 27.1. The Labute approximate surface area is 153 Å². The molecule has 0 aliphatic carbocycles. The quantitative estimate of drug-likeness (QED) is 0.812. The first-order chi connectivity index (χ1) is 11.8. The van der Waals surface area contributed by atoms with Crippen LogP contribution in [0, 0.1) is 11.6 Å². The van der Waals surface area contributed by atoms with Crippen LogP contribution in [0.25, 0.3) is 0 Å². The minimum Gasteiger partial charge on any atom is -0.321 e. The van der Waals surface area contributed by atoms with Gasteiger partial charge >= 0.3 is 0 Å². The van der Waals surface area contributed by atoms with Gasteiger partial charge in [0.05, 0.1) is 10.0 Å². The average Bonchev–Trinajstić information content (AvgIpc) is 2.54. The first-order valence-corrected chi connectivity index (χ1v) is 8.02. The molecule has 0 aromatic heterocycles. The Morgan fingerprint density at radius 2 is 1.72 bits per heavy atom. The second-order valence-electron chi connectivity index (χ2n) is 5.16. The first-order valence-electron chi connectivity index (χ1n) is 7.26. The summed E-state index contributed by atoms with van der Waals surface area (Å²) in [5.41, 5.74) is -0.0526. The molecule has 25 heavy (non-hydrogen) atoms. The summed E-state index contributed by atoms with van der Waals surface area (Å²) in [5, 5.41) is 2.77. The van der Waals surface area contributed by atoms with Crippen LogP contribution in [0.2, 0.25) is 10.0 Å². The van der Waals surface area contributed by atoms with Crippen LogP contribution >= 0.6 is 23.2 Å². The molecule has 0 atom stereocenters. The predicted octanol–water partition coefficient (Wildman–Crippen LogP) is 4.65. The van der Waals surface area contributed by atoms with E-state index in [0.717, 1.165) is 12.1 Å². The van der Waals surface area contributed by atoms with Crippen LogP contribution in [-0.2, 0) is 9.59 Å². The van der Waals surface area contributed by atoms with E-state index in [-0.39, 0.29) is 23.9 Å². The summed E-state index contributed by atoms with van der Waals surface area (Å²) in [6.45, 7) is 1.34. The Morgan fingerprint density at radius 3 is 2.28 bits per heavy atom. The third kappa shape index (κ3) is 4.90. The molecule has 2 amide bonds. The summed E-state index contributed by atoms with van der Waals surface area (Å²) in [7, 11) is 0. The maximum Gasteiger partial charge on any atom is 0.226 e. The number of rotatable bonds is 5.